The maximum Gasteiger partial charge on any atom is 0.307 e. The fraction of sp³-hybridized carbons (Fsp3) is 0.429. The van der Waals surface area contributed by atoms with Gasteiger partial charge in [0.25, 0.3) is 0 Å². The van der Waals surface area contributed by atoms with E-state index in [9.17, 15) is 14.0 Å². The highest BCUT2D eigenvalue weighted by atomic mass is 19.1. The molecule has 1 aliphatic rings. The third-order valence-electron chi connectivity index (χ3n) is 3.12. The van der Waals surface area contributed by atoms with Gasteiger partial charge in [-0.1, -0.05) is 6.07 Å². The first kappa shape index (κ1) is 14.5. The zero-order valence-corrected chi connectivity index (χ0v) is 10.9. The molecular weight excluding hydrogens is 265 g/mol. The van der Waals surface area contributed by atoms with E-state index in [2.05, 4.69) is 5.32 Å². The highest BCUT2D eigenvalue weighted by Gasteiger charge is 2.19. The second kappa shape index (κ2) is 6.47. The molecule has 0 bridgehead atoms. The van der Waals surface area contributed by atoms with Crippen LogP contribution in [0.3, 0.4) is 0 Å². The zero-order chi connectivity index (χ0) is 14.5. The Morgan fingerprint density at radius 1 is 1.45 bits per heavy atom. The van der Waals surface area contributed by atoms with Crippen molar-refractivity contribution in [2.45, 2.75) is 31.8 Å². The number of carbonyl (C=O) groups is 2. The van der Waals surface area contributed by atoms with Crippen LogP contribution in [0.25, 0.3) is 0 Å². The largest absolute Gasteiger partial charge is 0.481 e. The summed E-state index contributed by atoms with van der Waals surface area (Å²) in [6.07, 6.45) is 1.62. The lowest BCUT2D eigenvalue weighted by Gasteiger charge is -2.10. The highest BCUT2D eigenvalue weighted by Crippen LogP contribution is 2.18. The van der Waals surface area contributed by atoms with Crippen LogP contribution in [0.1, 0.15) is 24.8 Å². The molecule has 1 aromatic rings. The molecule has 1 unspecified atom stereocenters. The maximum absolute atomic E-state index is 13.6. The molecule has 0 radical (unpaired) electrons. The van der Waals surface area contributed by atoms with Crippen molar-refractivity contribution in [1.29, 1.82) is 0 Å². The van der Waals surface area contributed by atoms with E-state index in [1.54, 1.807) is 0 Å². The van der Waals surface area contributed by atoms with Crippen molar-refractivity contribution >= 4 is 17.6 Å². The molecule has 1 aliphatic heterocycles. The molecule has 0 aromatic heterocycles. The molecule has 0 spiro atoms. The van der Waals surface area contributed by atoms with Crippen LogP contribution in [-0.4, -0.2) is 29.7 Å². The predicted octanol–water partition coefficient (Wildman–Crippen LogP) is 1.96. The molecule has 5 nitrogen and oxygen atoms in total. The number of rotatable bonds is 5. The number of amides is 1. The van der Waals surface area contributed by atoms with Crippen molar-refractivity contribution in [3.05, 3.63) is 29.6 Å². The number of hydrogen-bond donors (Lipinski definition) is 2. The normalized spacial score (nSPS) is 17.9. The summed E-state index contributed by atoms with van der Waals surface area (Å²) in [5.41, 5.74) is 0.411. The standard InChI is InChI=1S/C14H16FNO4/c15-12-7-10(4-3-9(12)6-14(18)19)16-13(17)8-11-2-1-5-20-11/h3-4,7,11H,1-2,5-6,8H2,(H,16,17)(H,18,19). The SMILES string of the molecule is O=C(O)Cc1ccc(NC(=O)CC2CCCO2)cc1F. The van der Waals surface area contributed by atoms with Crippen molar-refractivity contribution in [3.8, 4) is 0 Å². The van der Waals surface area contributed by atoms with Gasteiger partial charge in [0.05, 0.1) is 18.9 Å². The lowest BCUT2D eigenvalue weighted by Crippen LogP contribution is -2.19. The fourth-order valence-corrected chi connectivity index (χ4v) is 2.16. The summed E-state index contributed by atoms with van der Waals surface area (Å²) in [5, 5.41) is 11.2. The number of aliphatic carboxylic acids is 1. The number of carboxylic acids is 1. The zero-order valence-electron chi connectivity index (χ0n) is 10.9. The highest BCUT2D eigenvalue weighted by molar-refractivity contribution is 5.91. The summed E-state index contributed by atoms with van der Waals surface area (Å²) in [5.74, 6) is -1.97. The van der Waals surface area contributed by atoms with Crippen molar-refractivity contribution in [1.82, 2.24) is 0 Å². The van der Waals surface area contributed by atoms with E-state index in [4.69, 9.17) is 9.84 Å². The van der Waals surface area contributed by atoms with Gasteiger partial charge in [-0.2, -0.15) is 0 Å². The minimum atomic E-state index is -1.10. The Bertz CT molecular complexity index is 512. The summed E-state index contributed by atoms with van der Waals surface area (Å²) in [6.45, 7) is 0.677. The van der Waals surface area contributed by atoms with E-state index in [0.717, 1.165) is 18.9 Å². The first-order valence-corrected chi connectivity index (χ1v) is 6.46. The number of nitrogens with one attached hydrogen (secondary N) is 1. The quantitative estimate of drug-likeness (QED) is 0.865. The van der Waals surface area contributed by atoms with Gasteiger partial charge in [-0.3, -0.25) is 9.59 Å². The van der Waals surface area contributed by atoms with E-state index < -0.39 is 11.8 Å². The van der Waals surface area contributed by atoms with Gasteiger partial charge >= 0.3 is 5.97 Å². The van der Waals surface area contributed by atoms with E-state index in [-0.39, 0.29) is 30.4 Å². The molecular formula is C14H16FNO4. The van der Waals surface area contributed by atoms with Gasteiger partial charge in [0.1, 0.15) is 5.82 Å². The molecule has 0 saturated carbocycles. The van der Waals surface area contributed by atoms with Crippen LogP contribution in [0.2, 0.25) is 0 Å². The van der Waals surface area contributed by atoms with Crippen molar-refractivity contribution in [2.24, 2.45) is 0 Å². The van der Waals surface area contributed by atoms with Gasteiger partial charge in [-0.15, -0.1) is 0 Å². The van der Waals surface area contributed by atoms with E-state index in [0.29, 0.717) is 12.3 Å². The number of benzene rings is 1. The average Bonchev–Trinajstić information content (AvgIpc) is 2.85. The Labute approximate surface area is 115 Å². The molecule has 1 atom stereocenters. The Kier molecular flexibility index (Phi) is 4.68. The number of carbonyl (C=O) groups excluding carboxylic acids is 1. The Hall–Kier alpha value is -1.95. The van der Waals surface area contributed by atoms with Crippen molar-refractivity contribution in [2.75, 3.05) is 11.9 Å². The molecule has 1 heterocycles. The second-order valence-electron chi connectivity index (χ2n) is 4.76. The first-order chi connectivity index (χ1) is 9.54. The molecule has 0 aliphatic carbocycles. The smallest absolute Gasteiger partial charge is 0.307 e. The number of halogens is 1. The van der Waals surface area contributed by atoms with Gasteiger partial charge in [0.2, 0.25) is 5.91 Å². The Morgan fingerprint density at radius 3 is 2.85 bits per heavy atom. The molecule has 6 heteroatoms. The number of hydrogen-bond acceptors (Lipinski definition) is 3. The molecule has 1 fully saturated rings. The number of anilines is 1. The summed E-state index contributed by atoms with van der Waals surface area (Å²) >= 11 is 0. The summed E-state index contributed by atoms with van der Waals surface area (Å²) < 4.78 is 19.0. The number of carboxylic acid groups (broad SMARTS) is 1. The second-order valence-corrected chi connectivity index (χ2v) is 4.76. The Morgan fingerprint density at radius 2 is 2.25 bits per heavy atom. The van der Waals surface area contributed by atoms with Crippen LogP contribution in [-0.2, 0) is 20.7 Å². The fourth-order valence-electron chi connectivity index (χ4n) is 2.16. The van der Waals surface area contributed by atoms with Gasteiger partial charge in [-0.05, 0) is 30.5 Å². The van der Waals surface area contributed by atoms with Gasteiger partial charge < -0.3 is 15.2 Å². The number of ether oxygens (including phenoxy) is 1. The molecule has 1 saturated heterocycles. The molecule has 20 heavy (non-hydrogen) atoms. The third kappa shape index (κ3) is 4.03. The van der Waals surface area contributed by atoms with Gasteiger partial charge in [0, 0.05) is 12.3 Å². The van der Waals surface area contributed by atoms with E-state index >= 15 is 0 Å². The molecule has 2 N–H and O–H groups in total. The minimum absolute atomic E-state index is 0.0638. The topological polar surface area (TPSA) is 75.6 Å². The predicted molar refractivity (Wildman–Crippen MR) is 70.0 cm³/mol. The van der Waals surface area contributed by atoms with Crippen LogP contribution in [0, 0.1) is 5.82 Å². The maximum atomic E-state index is 13.6. The van der Waals surface area contributed by atoms with Gasteiger partial charge in [0.15, 0.2) is 0 Å². The van der Waals surface area contributed by atoms with Crippen molar-refractivity contribution < 1.29 is 23.8 Å². The lowest BCUT2D eigenvalue weighted by atomic mass is 10.1. The molecule has 2 rings (SSSR count). The van der Waals surface area contributed by atoms with Gasteiger partial charge in [-0.25, -0.2) is 4.39 Å². The summed E-state index contributed by atoms with van der Waals surface area (Å²) in [6, 6.07) is 3.99. The third-order valence-corrected chi connectivity index (χ3v) is 3.12. The van der Waals surface area contributed by atoms with Crippen LogP contribution in [0.15, 0.2) is 18.2 Å². The molecule has 108 valence electrons. The average molecular weight is 281 g/mol. The van der Waals surface area contributed by atoms with Crippen LogP contribution in [0.4, 0.5) is 10.1 Å². The van der Waals surface area contributed by atoms with Crippen LogP contribution >= 0.6 is 0 Å². The lowest BCUT2D eigenvalue weighted by molar-refractivity contribution is -0.136. The molecule has 1 amide bonds. The Balaban J connectivity index is 1.93. The monoisotopic (exact) mass is 281 g/mol. The van der Waals surface area contributed by atoms with Crippen LogP contribution < -0.4 is 5.32 Å². The summed E-state index contributed by atoms with van der Waals surface area (Å²) in [4.78, 5) is 22.3. The first-order valence-electron chi connectivity index (χ1n) is 6.46. The van der Waals surface area contributed by atoms with E-state index in [1.165, 1.54) is 12.1 Å². The summed E-state index contributed by atoms with van der Waals surface area (Å²) in [7, 11) is 0. The molecule has 1 aromatic carbocycles. The minimum Gasteiger partial charge on any atom is -0.481 e. The van der Waals surface area contributed by atoms with E-state index in [1.807, 2.05) is 0 Å². The van der Waals surface area contributed by atoms with Crippen LogP contribution in [0.5, 0.6) is 0 Å². The van der Waals surface area contributed by atoms with Crippen molar-refractivity contribution in [3.63, 3.8) is 0 Å².